The van der Waals surface area contributed by atoms with Crippen molar-refractivity contribution in [1.82, 2.24) is 5.32 Å². The molecule has 0 amide bonds. The summed E-state index contributed by atoms with van der Waals surface area (Å²) in [5.41, 5.74) is 1.99. The molecule has 1 nitrogen and oxygen atoms in total. The van der Waals surface area contributed by atoms with Gasteiger partial charge in [-0.3, -0.25) is 0 Å². The van der Waals surface area contributed by atoms with Crippen LogP contribution in [0.5, 0.6) is 0 Å². The molecule has 0 saturated carbocycles. The van der Waals surface area contributed by atoms with Gasteiger partial charge >= 0.3 is 0 Å². The van der Waals surface area contributed by atoms with Crippen LogP contribution in [0.15, 0.2) is 18.2 Å². The number of nitrogens with one attached hydrogen (secondary N) is 1. The molecule has 1 atom stereocenters. The van der Waals surface area contributed by atoms with Gasteiger partial charge in [-0.1, -0.05) is 18.2 Å². The first kappa shape index (κ1) is 9.66. The van der Waals surface area contributed by atoms with Crippen molar-refractivity contribution >= 4 is 0 Å². The van der Waals surface area contributed by atoms with Crippen LogP contribution in [0.3, 0.4) is 0 Å². The summed E-state index contributed by atoms with van der Waals surface area (Å²) in [4.78, 5) is 0. The van der Waals surface area contributed by atoms with Gasteiger partial charge in [0.05, 0.1) is 0 Å². The second kappa shape index (κ2) is 3.35. The lowest BCUT2D eigenvalue weighted by Crippen LogP contribution is -2.24. The largest absolute Gasteiger partial charge is 0.313 e. The van der Waals surface area contributed by atoms with Crippen LogP contribution in [0.4, 0.5) is 4.39 Å². The van der Waals surface area contributed by atoms with E-state index in [0.29, 0.717) is 13.0 Å². The van der Waals surface area contributed by atoms with Crippen LogP contribution in [0.2, 0.25) is 0 Å². The van der Waals surface area contributed by atoms with Gasteiger partial charge in [-0.15, -0.1) is 0 Å². The molecule has 0 bridgehead atoms. The van der Waals surface area contributed by atoms with Crippen LogP contribution < -0.4 is 5.32 Å². The molecule has 1 saturated heterocycles. The Morgan fingerprint density at radius 3 is 2.79 bits per heavy atom. The molecule has 2 rings (SSSR count). The van der Waals surface area contributed by atoms with E-state index in [1.165, 1.54) is 5.56 Å². The Labute approximate surface area is 84.3 Å². The number of hydrogen-bond acceptors (Lipinski definition) is 1. The lowest BCUT2D eigenvalue weighted by atomic mass is 9.89. The van der Waals surface area contributed by atoms with Crippen LogP contribution in [0.25, 0.3) is 0 Å². The molecule has 0 aliphatic carbocycles. The van der Waals surface area contributed by atoms with Crippen LogP contribution in [-0.2, 0) is 5.67 Å². The first-order valence-corrected chi connectivity index (χ1v) is 5.10. The van der Waals surface area contributed by atoms with E-state index >= 15 is 0 Å². The minimum atomic E-state index is -1.14. The maximum Gasteiger partial charge on any atom is 0.149 e. The first-order valence-electron chi connectivity index (χ1n) is 5.10. The molecule has 0 spiro atoms. The predicted molar refractivity (Wildman–Crippen MR) is 56.2 cm³/mol. The third kappa shape index (κ3) is 1.44. The molecule has 1 aliphatic heterocycles. The average Bonchev–Trinajstić information content (AvgIpc) is 2.58. The van der Waals surface area contributed by atoms with Gasteiger partial charge in [-0.05, 0) is 43.5 Å². The molecule has 1 N–H and O–H groups in total. The molecular formula is C12H16FN. The fraction of sp³-hybridized carbons (Fsp3) is 0.500. The van der Waals surface area contributed by atoms with Crippen molar-refractivity contribution in [1.29, 1.82) is 0 Å². The average molecular weight is 193 g/mol. The van der Waals surface area contributed by atoms with Gasteiger partial charge in [0.2, 0.25) is 0 Å². The van der Waals surface area contributed by atoms with E-state index in [9.17, 15) is 4.39 Å². The molecular weight excluding hydrogens is 177 g/mol. The molecule has 1 aromatic carbocycles. The lowest BCUT2D eigenvalue weighted by Gasteiger charge is -2.21. The third-order valence-corrected chi connectivity index (χ3v) is 3.19. The predicted octanol–water partition coefficient (Wildman–Crippen LogP) is 2.46. The quantitative estimate of drug-likeness (QED) is 0.722. The minimum absolute atomic E-state index is 0.456. The Balaban J connectivity index is 2.45. The highest BCUT2D eigenvalue weighted by molar-refractivity contribution is 5.38. The van der Waals surface area contributed by atoms with Crippen molar-refractivity contribution in [2.45, 2.75) is 25.9 Å². The second-order valence-corrected chi connectivity index (χ2v) is 4.14. The van der Waals surface area contributed by atoms with Crippen molar-refractivity contribution in [2.24, 2.45) is 0 Å². The Morgan fingerprint density at radius 1 is 1.36 bits per heavy atom. The number of halogens is 1. The molecule has 76 valence electrons. The SMILES string of the molecule is Cc1cccc(C2(F)CCNC2)c1C. The van der Waals surface area contributed by atoms with Crippen molar-refractivity contribution in [3.8, 4) is 0 Å². The van der Waals surface area contributed by atoms with Crippen molar-refractivity contribution in [3.05, 3.63) is 34.9 Å². The van der Waals surface area contributed by atoms with E-state index in [-0.39, 0.29) is 0 Å². The molecule has 1 unspecified atom stereocenters. The van der Waals surface area contributed by atoms with Gasteiger partial charge < -0.3 is 5.32 Å². The summed E-state index contributed by atoms with van der Waals surface area (Å²) in [5.74, 6) is 0. The maximum absolute atomic E-state index is 14.4. The zero-order valence-corrected chi connectivity index (χ0v) is 8.73. The summed E-state index contributed by atoms with van der Waals surface area (Å²) in [7, 11) is 0. The van der Waals surface area contributed by atoms with Gasteiger partial charge in [-0.2, -0.15) is 0 Å². The summed E-state index contributed by atoms with van der Waals surface area (Å²) in [6, 6.07) is 5.89. The van der Waals surface area contributed by atoms with E-state index in [4.69, 9.17) is 0 Å². The number of hydrogen-bond donors (Lipinski definition) is 1. The number of aryl methyl sites for hydroxylation is 1. The molecule has 14 heavy (non-hydrogen) atoms. The van der Waals surface area contributed by atoms with E-state index < -0.39 is 5.67 Å². The topological polar surface area (TPSA) is 12.0 Å². The molecule has 1 heterocycles. The normalized spacial score (nSPS) is 26.8. The van der Waals surface area contributed by atoms with Gasteiger partial charge in [0.1, 0.15) is 5.67 Å². The molecule has 0 radical (unpaired) electrons. The second-order valence-electron chi connectivity index (χ2n) is 4.14. The Kier molecular flexibility index (Phi) is 2.31. The van der Waals surface area contributed by atoms with Crippen LogP contribution in [0.1, 0.15) is 23.1 Å². The van der Waals surface area contributed by atoms with Crippen molar-refractivity contribution in [2.75, 3.05) is 13.1 Å². The van der Waals surface area contributed by atoms with E-state index in [0.717, 1.165) is 17.7 Å². The standard InChI is InChI=1S/C12H16FN/c1-9-4-3-5-11(10(9)2)12(13)6-7-14-8-12/h3-5,14H,6-8H2,1-2H3. The van der Waals surface area contributed by atoms with Gasteiger partial charge in [0, 0.05) is 6.54 Å². The minimum Gasteiger partial charge on any atom is -0.313 e. The first-order chi connectivity index (χ1) is 6.63. The van der Waals surface area contributed by atoms with E-state index in [2.05, 4.69) is 5.32 Å². The lowest BCUT2D eigenvalue weighted by molar-refractivity contribution is 0.192. The van der Waals surface area contributed by atoms with Crippen LogP contribution in [0, 0.1) is 13.8 Å². The number of benzene rings is 1. The molecule has 1 aliphatic rings. The monoisotopic (exact) mass is 193 g/mol. The molecule has 1 aromatic rings. The van der Waals surface area contributed by atoms with E-state index in [1.807, 2.05) is 32.0 Å². The highest BCUT2D eigenvalue weighted by atomic mass is 19.1. The highest BCUT2D eigenvalue weighted by Gasteiger charge is 2.36. The summed E-state index contributed by atoms with van der Waals surface area (Å²) in [5, 5.41) is 3.08. The Morgan fingerprint density at radius 2 is 2.14 bits per heavy atom. The summed E-state index contributed by atoms with van der Waals surface area (Å²) in [6.07, 6.45) is 0.595. The van der Waals surface area contributed by atoms with Gasteiger partial charge in [-0.25, -0.2) is 4.39 Å². The smallest absolute Gasteiger partial charge is 0.149 e. The number of alkyl halides is 1. The maximum atomic E-state index is 14.4. The van der Waals surface area contributed by atoms with Gasteiger partial charge in [0.25, 0.3) is 0 Å². The number of rotatable bonds is 1. The Hall–Kier alpha value is -0.890. The van der Waals surface area contributed by atoms with Crippen LogP contribution in [-0.4, -0.2) is 13.1 Å². The van der Waals surface area contributed by atoms with E-state index in [1.54, 1.807) is 0 Å². The van der Waals surface area contributed by atoms with Crippen LogP contribution >= 0.6 is 0 Å². The zero-order valence-electron chi connectivity index (χ0n) is 8.73. The fourth-order valence-corrected chi connectivity index (χ4v) is 2.13. The summed E-state index contributed by atoms with van der Waals surface area (Å²) < 4.78 is 14.4. The summed E-state index contributed by atoms with van der Waals surface area (Å²) >= 11 is 0. The third-order valence-electron chi connectivity index (χ3n) is 3.19. The van der Waals surface area contributed by atoms with Crippen molar-refractivity contribution in [3.63, 3.8) is 0 Å². The zero-order chi connectivity index (χ0) is 10.2. The molecule has 2 heteroatoms. The highest BCUT2D eigenvalue weighted by Crippen LogP contribution is 2.34. The fourth-order valence-electron chi connectivity index (χ4n) is 2.13. The van der Waals surface area contributed by atoms with Gasteiger partial charge in [0.15, 0.2) is 0 Å². The Bertz CT molecular complexity index is 340. The van der Waals surface area contributed by atoms with Crippen molar-refractivity contribution < 1.29 is 4.39 Å². The molecule has 1 fully saturated rings. The molecule has 0 aromatic heterocycles. The summed E-state index contributed by atoms with van der Waals surface area (Å²) in [6.45, 7) is 5.27.